The molecule has 0 aromatic heterocycles. The van der Waals surface area contributed by atoms with Crippen molar-refractivity contribution in [1.29, 1.82) is 0 Å². The van der Waals surface area contributed by atoms with Crippen LogP contribution in [0.25, 0.3) is 10.8 Å². The molecule has 3 aromatic rings. The molecule has 21 heavy (non-hydrogen) atoms. The van der Waals surface area contributed by atoms with E-state index in [-0.39, 0.29) is 4.83 Å². The van der Waals surface area contributed by atoms with Crippen LogP contribution in [0.1, 0.15) is 21.5 Å². The van der Waals surface area contributed by atoms with Gasteiger partial charge in [-0.2, -0.15) is 0 Å². The van der Waals surface area contributed by atoms with Gasteiger partial charge in [0.05, 0.1) is 4.83 Å². The van der Waals surface area contributed by atoms with E-state index in [1.807, 2.05) is 6.07 Å². The van der Waals surface area contributed by atoms with Crippen LogP contribution in [0.5, 0.6) is 0 Å². The second kappa shape index (κ2) is 6.23. The van der Waals surface area contributed by atoms with E-state index in [9.17, 15) is 0 Å². The lowest BCUT2D eigenvalue weighted by Crippen LogP contribution is -1.96. The predicted molar refractivity (Wildman–Crippen MR) is 101 cm³/mol. The molecule has 0 heterocycles. The van der Waals surface area contributed by atoms with Gasteiger partial charge in [0.1, 0.15) is 0 Å². The molecular weight excluding hydrogens is 456 g/mol. The maximum absolute atomic E-state index is 3.87. The fraction of sp³-hybridized carbons (Fsp3) is 0.111. The summed E-state index contributed by atoms with van der Waals surface area (Å²) >= 11 is 11.1. The fourth-order valence-corrected chi connectivity index (χ4v) is 4.51. The zero-order chi connectivity index (χ0) is 15.0. The minimum Gasteiger partial charge on any atom is -0.0786 e. The molecule has 0 N–H and O–H groups in total. The monoisotopic (exact) mass is 466 g/mol. The summed E-state index contributed by atoms with van der Waals surface area (Å²) in [7, 11) is 0. The van der Waals surface area contributed by atoms with Crippen LogP contribution >= 0.6 is 47.8 Å². The number of rotatable bonds is 2. The standard InChI is InChI=1S/C18H13Br3/c1-11-6-8-15(14-5-3-2-4-13(11)14)18(21)16-10-12(19)7-9-17(16)20/h2-10,18H,1H3. The van der Waals surface area contributed by atoms with E-state index in [2.05, 4.69) is 103 Å². The molecule has 1 unspecified atom stereocenters. The first-order chi connectivity index (χ1) is 10.1. The minimum atomic E-state index is 0.148. The lowest BCUT2D eigenvalue weighted by Gasteiger charge is -2.16. The van der Waals surface area contributed by atoms with E-state index < -0.39 is 0 Å². The molecule has 3 rings (SSSR count). The largest absolute Gasteiger partial charge is 0.0786 e. The first-order valence-electron chi connectivity index (χ1n) is 6.65. The molecule has 0 saturated heterocycles. The summed E-state index contributed by atoms with van der Waals surface area (Å²) in [5.74, 6) is 0. The Hall–Kier alpha value is -0.640. The summed E-state index contributed by atoms with van der Waals surface area (Å²) in [6, 6.07) is 19.2. The van der Waals surface area contributed by atoms with Crippen molar-refractivity contribution in [1.82, 2.24) is 0 Å². The molecule has 3 aromatic carbocycles. The summed E-state index contributed by atoms with van der Waals surface area (Å²) in [6.45, 7) is 2.16. The van der Waals surface area contributed by atoms with E-state index in [0.29, 0.717) is 0 Å². The average Bonchev–Trinajstić information content (AvgIpc) is 2.50. The van der Waals surface area contributed by atoms with Gasteiger partial charge in [-0.1, -0.05) is 84.2 Å². The molecule has 0 radical (unpaired) electrons. The lowest BCUT2D eigenvalue weighted by molar-refractivity contribution is 1.18. The highest BCUT2D eigenvalue weighted by Crippen LogP contribution is 2.40. The first-order valence-corrected chi connectivity index (χ1v) is 9.15. The van der Waals surface area contributed by atoms with Crippen LogP contribution in [-0.4, -0.2) is 0 Å². The van der Waals surface area contributed by atoms with Gasteiger partial charge in [0, 0.05) is 8.95 Å². The molecule has 0 saturated carbocycles. The second-order valence-electron chi connectivity index (χ2n) is 5.05. The van der Waals surface area contributed by atoms with Crippen LogP contribution in [0.15, 0.2) is 63.5 Å². The zero-order valence-electron chi connectivity index (χ0n) is 11.4. The molecule has 0 amide bonds. The van der Waals surface area contributed by atoms with Crippen molar-refractivity contribution < 1.29 is 0 Å². The van der Waals surface area contributed by atoms with Gasteiger partial charge >= 0.3 is 0 Å². The summed E-state index contributed by atoms with van der Waals surface area (Å²) in [5.41, 5.74) is 3.82. The molecular formula is C18H13Br3. The van der Waals surface area contributed by atoms with E-state index in [1.165, 1.54) is 27.5 Å². The molecule has 0 nitrogen and oxygen atoms in total. The van der Waals surface area contributed by atoms with Gasteiger partial charge in [0.2, 0.25) is 0 Å². The van der Waals surface area contributed by atoms with Gasteiger partial charge in [0.25, 0.3) is 0 Å². The Morgan fingerprint density at radius 3 is 2.29 bits per heavy atom. The van der Waals surface area contributed by atoms with E-state index in [4.69, 9.17) is 0 Å². The minimum absolute atomic E-state index is 0.148. The SMILES string of the molecule is Cc1ccc(C(Br)c2cc(Br)ccc2Br)c2ccccc12. The van der Waals surface area contributed by atoms with Crippen molar-refractivity contribution in [3.8, 4) is 0 Å². The van der Waals surface area contributed by atoms with Crippen LogP contribution in [0.4, 0.5) is 0 Å². The molecule has 0 fully saturated rings. The number of fused-ring (bicyclic) bond motifs is 1. The van der Waals surface area contributed by atoms with E-state index in [0.717, 1.165) is 8.95 Å². The van der Waals surface area contributed by atoms with Gasteiger partial charge in [-0.15, -0.1) is 0 Å². The molecule has 0 aliphatic carbocycles. The molecule has 0 spiro atoms. The van der Waals surface area contributed by atoms with Crippen LogP contribution in [0.2, 0.25) is 0 Å². The maximum Gasteiger partial charge on any atom is 0.0661 e. The Morgan fingerprint density at radius 2 is 1.52 bits per heavy atom. The highest BCUT2D eigenvalue weighted by atomic mass is 79.9. The predicted octanol–water partition coefficient (Wildman–Crippen LogP) is 7.16. The quantitative estimate of drug-likeness (QED) is 0.350. The van der Waals surface area contributed by atoms with Crippen molar-refractivity contribution in [2.45, 2.75) is 11.8 Å². The maximum atomic E-state index is 3.87. The summed E-state index contributed by atoms with van der Waals surface area (Å²) in [4.78, 5) is 0.148. The van der Waals surface area contributed by atoms with Gasteiger partial charge in [0.15, 0.2) is 0 Å². The third kappa shape index (κ3) is 2.96. The van der Waals surface area contributed by atoms with Crippen LogP contribution in [0.3, 0.4) is 0 Å². The smallest absolute Gasteiger partial charge is 0.0661 e. The van der Waals surface area contributed by atoms with E-state index >= 15 is 0 Å². The third-order valence-corrected chi connectivity index (χ3v) is 5.88. The molecule has 0 bridgehead atoms. The first kappa shape index (κ1) is 15.3. The van der Waals surface area contributed by atoms with Crippen molar-refractivity contribution >= 4 is 58.6 Å². The highest BCUT2D eigenvalue weighted by molar-refractivity contribution is 9.11. The Morgan fingerprint density at radius 1 is 0.810 bits per heavy atom. The van der Waals surface area contributed by atoms with Crippen LogP contribution < -0.4 is 0 Å². The Bertz CT molecular complexity index is 809. The number of benzene rings is 3. The van der Waals surface area contributed by atoms with Gasteiger partial charge in [-0.3, -0.25) is 0 Å². The van der Waals surface area contributed by atoms with Gasteiger partial charge < -0.3 is 0 Å². The third-order valence-electron chi connectivity index (χ3n) is 3.68. The number of alkyl halides is 1. The number of halogens is 3. The van der Waals surface area contributed by atoms with Crippen molar-refractivity contribution in [3.63, 3.8) is 0 Å². The van der Waals surface area contributed by atoms with Crippen molar-refractivity contribution in [2.75, 3.05) is 0 Å². The van der Waals surface area contributed by atoms with E-state index in [1.54, 1.807) is 0 Å². The molecule has 106 valence electrons. The summed E-state index contributed by atoms with van der Waals surface area (Å²) in [5, 5.41) is 2.61. The second-order valence-corrected chi connectivity index (χ2v) is 7.73. The molecule has 0 aliphatic rings. The highest BCUT2D eigenvalue weighted by Gasteiger charge is 2.17. The molecule has 0 aliphatic heterocycles. The Balaban J connectivity index is 2.20. The topological polar surface area (TPSA) is 0 Å². The summed E-state index contributed by atoms with van der Waals surface area (Å²) in [6.07, 6.45) is 0. The number of hydrogen-bond donors (Lipinski definition) is 0. The number of hydrogen-bond acceptors (Lipinski definition) is 0. The van der Waals surface area contributed by atoms with Crippen molar-refractivity contribution in [3.05, 3.63) is 80.2 Å². The van der Waals surface area contributed by atoms with Gasteiger partial charge in [-0.05, 0) is 52.6 Å². The zero-order valence-corrected chi connectivity index (χ0v) is 16.2. The van der Waals surface area contributed by atoms with Gasteiger partial charge in [-0.25, -0.2) is 0 Å². The molecule has 3 heteroatoms. The number of aryl methyl sites for hydroxylation is 1. The Kier molecular flexibility index (Phi) is 4.53. The fourth-order valence-electron chi connectivity index (χ4n) is 2.57. The molecule has 1 atom stereocenters. The average molecular weight is 469 g/mol. The van der Waals surface area contributed by atoms with Crippen molar-refractivity contribution in [2.24, 2.45) is 0 Å². The van der Waals surface area contributed by atoms with Crippen LogP contribution in [0, 0.1) is 6.92 Å². The summed E-state index contributed by atoms with van der Waals surface area (Å²) < 4.78 is 2.19. The Labute approximate surface area is 150 Å². The normalized spacial score (nSPS) is 12.6. The van der Waals surface area contributed by atoms with Crippen LogP contribution in [-0.2, 0) is 0 Å². The lowest BCUT2D eigenvalue weighted by atomic mass is 9.96.